The largest absolute Gasteiger partial charge is 0.397 e. The van der Waals surface area contributed by atoms with Crippen molar-refractivity contribution in [2.75, 3.05) is 12.3 Å². The number of anilines is 1. The molecule has 8 nitrogen and oxygen atoms in total. The summed E-state index contributed by atoms with van der Waals surface area (Å²) >= 11 is 0. The van der Waals surface area contributed by atoms with Crippen LogP contribution in [0.5, 0.6) is 0 Å². The fourth-order valence-electron chi connectivity index (χ4n) is 2.27. The average Bonchev–Trinajstić information content (AvgIpc) is 2.94. The van der Waals surface area contributed by atoms with Crippen molar-refractivity contribution in [3.8, 4) is 0 Å². The number of aliphatic hydroxyl groups is 3. The fourth-order valence-corrected chi connectivity index (χ4v) is 2.27. The lowest BCUT2D eigenvalue weighted by molar-refractivity contribution is -0.0564. The van der Waals surface area contributed by atoms with Gasteiger partial charge >= 0.3 is 0 Å². The van der Waals surface area contributed by atoms with Crippen LogP contribution in [0.2, 0.25) is 0 Å². The Bertz CT molecular complexity index is 601. The van der Waals surface area contributed by atoms with Gasteiger partial charge in [-0.25, -0.2) is 4.68 Å². The molecule has 4 atom stereocenters. The molecule has 0 amide bonds. The maximum atomic E-state index is 9.96. The fraction of sp³-hybridized carbons (Fsp3) is 0.455. The molecule has 0 saturated carbocycles. The van der Waals surface area contributed by atoms with E-state index < -0.39 is 24.5 Å². The van der Waals surface area contributed by atoms with Gasteiger partial charge in [0.25, 0.3) is 0 Å². The molecule has 2 aromatic heterocycles. The number of hydrogen-bond donors (Lipinski definition) is 4. The summed E-state index contributed by atoms with van der Waals surface area (Å²) in [6.45, 7) is -0.381. The van der Waals surface area contributed by atoms with Crippen LogP contribution in [0.15, 0.2) is 18.6 Å². The van der Waals surface area contributed by atoms with Gasteiger partial charge in [0, 0.05) is 5.39 Å². The van der Waals surface area contributed by atoms with Crippen molar-refractivity contribution in [2.45, 2.75) is 24.5 Å². The molecule has 0 bridgehead atoms. The Morgan fingerprint density at radius 3 is 2.74 bits per heavy atom. The summed E-state index contributed by atoms with van der Waals surface area (Å²) in [5.74, 6) is 0. The van der Waals surface area contributed by atoms with Crippen LogP contribution in [0.25, 0.3) is 10.9 Å². The normalized spacial score (nSPS) is 31.1. The predicted octanol–water partition coefficient (Wildman–Crippen LogP) is -1.38. The molecule has 1 fully saturated rings. The Labute approximate surface area is 108 Å². The zero-order valence-corrected chi connectivity index (χ0v) is 9.92. The van der Waals surface area contributed by atoms with Crippen molar-refractivity contribution >= 4 is 16.6 Å². The van der Waals surface area contributed by atoms with Crippen molar-refractivity contribution in [2.24, 2.45) is 0 Å². The number of fused-ring (bicyclic) bond motifs is 1. The molecule has 5 N–H and O–H groups in total. The van der Waals surface area contributed by atoms with Crippen LogP contribution in [0, 0.1) is 0 Å². The zero-order chi connectivity index (χ0) is 13.6. The van der Waals surface area contributed by atoms with Gasteiger partial charge in [0.2, 0.25) is 0 Å². The monoisotopic (exact) mass is 266 g/mol. The summed E-state index contributed by atoms with van der Waals surface area (Å²) in [6.07, 6.45) is 0.534. The molecule has 1 aliphatic heterocycles. The highest BCUT2D eigenvalue weighted by Crippen LogP contribution is 2.32. The van der Waals surface area contributed by atoms with Crippen LogP contribution in [-0.4, -0.2) is 55.0 Å². The van der Waals surface area contributed by atoms with Crippen LogP contribution in [-0.2, 0) is 4.74 Å². The summed E-state index contributed by atoms with van der Waals surface area (Å²) in [7, 11) is 0. The number of nitrogen functional groups attached to an aromatic ring is 1. The second-order valence-electron chi connectivity index (χ2n) is 4.48. The molecule has 0 unspecified atom stereocenters. The van der Waals surface area contributed by atoms with E-state index in [1.54, 1.807) is 12.4 Å². The lowest BCUT2D eigenvalue weighted by Crippen LogP contribution is -2.33. The number of aliphatic hydroxyl groups excluding tert-OH is 3. The van der Waals surface area contributed by atoms with Gasteiger partial charge in [-0.2, -0.15) is 5.10 Å². The second-order valence-corrected chi connectivity index (χ2v) is 4.48. The molecule has 0 spiro atoms. The van der Waals surface area contributed by atoms with Crippen molar-refractivity contribution < 1.29 is 20.1 Å². The first kappa shape index (κ1) is 12.3. The van der Waals surface area contributed by atoms with E-state index in [0.29, 0.717) is 16.6 Å². The van der Waals surface area contributed by atoms with Crippen LogP contribution in [0.1, 0.15) is 6.23 Å². The minimum absolute atomic E-state index is 0.381. The Balaban J connectivity index is 2.04. The number of ether oxygens (including phenoxy) is 1. The molecular weight excluding hydrogens is 252 g/mol. The second kappa shape index (κ2) is 4.42. The minimum atomic E-state index is -1.18. The van der Waals surface area contributed by atoms with Crippen molar-refractivity contribution in [3.05, 3.63) is 18.6 Å². The Hall–Kier alpha value is -1.74. The molecule has 0 aliphatic carbocycles. The quantitative estimate of drug-likeness (QED) is 0.528. The molecule has 8 heteroatoms. The number of nitrogens with two attached hydrogens (primary N) is 1. The van der Waals surface area contributed by atoms with Gasteiger partial charge in [0.05, 0.1) is 36.4 Å². The van der Waals surface area contributed by atoms with Gasteiger partial charge in [0.1, 0.15) is 18.3 Å². The predicted molar refractivity (Wildman–Crippen MR) is 64.9 cm³/mol. The van der Waals surface area contributed by atoms with Crippen LogP contribution >= 0.6 is 0 Å². The van der Waals surface area contributed by atoms with Gasteiger partial charge in [-0.1, -0.05) is 0 Å². The standard InChI is InChI=1S/C11H14N4O4/c12-6-2-13-3-7-5(6)1-14-15(7)11-10(18)9(17)8(4-16)19-11/h1-3,8-11,16-18H,4,12H2/t8-,9-,10-,11-/m1/s1. The minimum Gasteiger partial charge on any atom is -0.397 e. The molecule has 102 valence electrons. The zero-order valence-electron chi connectivity index (χ0n) is 9.92. The average molecular weight is 266 g/mol. The number of pyridine rings is 1. The molecule has 3 heterocycles. The Morgan fingerprint density at radius 1 is 1.26 bits per heavy atom. The Kier molecular flexibility index (Phi) is 2.86. The summed E-state index contributed by atoms with van der Waals surface area (Å²) in [4.78, 5) is 3.97. The molecule has 1 saturated heterocycles. The number of nitrogens with zero attached hydrogens (tertiary/aromatic N) is 3. The third-order valence-electron chi connectivity index (χ3n) is 3.31. The van der Waals surface area contributed by atoms with E-state index in [1.807, 2.05) is 0 Å². The van der Waals surface area contributed by atoms with Gasteiger partial charge in [-0.3, -0.25) is 4.98 Å². The van der Waals surface area contributed by atoms with E-state index >= 15 is 0 Å². The van der Waals surface area contributed by atoms with Crippen LogP contribution < -0.4 is 5.73 Å². The molecule has 2 aromatic rings. The van der Waals surface area contributed by atoms with E-state index in [2.05, 4.69) is 10.1 Å². The van der Waals surface area contributed by atoms with Gasteiger partial charge < -0.3 is 25.8 Å². The molecular formula is C11H14N4O4. The lowest BCUT2D eigenvalue weighted by atomic mass is 10.1. The smallest absolute Gasteiger partial charge is 0.179 e. The van der Waals surface area contributed by atoms with Gasteiger partial charge in [-0.15, -0.1) is 0 Å². The highest BCUT2D eigenvalue weighted by atomic mass is 16.6. The summed E-state index contributed by atoms with van der Waals surface area (Å²) in [5, 5.41) is 33.6. The third kappa shape index (κ3) is 1.77. The lowest BCUT2D eigenvalue weighted by Gasteiger charge is -2.16. The number of aromatic nitrogens is 3. The molecule has 19 heavy (non-hydrogen) atoms. The van der Waals surface area contributed by atoms with E-state index in [4.69, 9.17) is 15.6 Å². The summed E-state index contributed by atoms with van der Waals surface area (Å²) in [6, 6.07) is 0. The third-order valence-corrected chi connectivity index (χ3v) is 3.31. The van der Waals surface area contributed by atoms with Gasteiger partial charge in [0.15, 0.2) is 6.23 Å². The first-order valence-corrected chi connectivity index (χ1v) is 5.82. The van der Waals surface area contributed by atoms with E-state index in [-0.39, 0.29) is 6.61 Å². The highest BCUT2D eigenvalue weighted by Gasteiger charge is 2.44. The highest BCUT2D eigenvalue weighted by molar-refractivity contribution is 5.89. The first-order chi connectivity index (χ1) is 9.13. The molecule has 1 aliphatic rings. The molecule has 3 rings (SSSR count). The van der Waals surface area contributed by atoms with Crippen molar-refractivity contribution in [3.63, 3.8) is 0 Å². The first-order valence-electron chi connectivity index (χ1n) is 5.82. The topological polar surface area (TPSA) is 127 Å². The van der Waals surface area contributed by atoms with Crippen LogP contribution in [0.4, 0.5) is 5.69 Å². The molecule has 0 aromatic carbocycles. The van der Waals surface area contributed by atoms with E-state index in [1.165, 1.54) is 10.9 Å². The number of hydrogen-bond acceptors (Lipinski definition) is 7. The maximum absolute atomic E-state index is 9.96. The Morgan fingerprint density at radius 2 is 2.05 bits per heavy atom. The van der Waals surface area contributed by atoms with Crippen LogP contribution in [0.3, 0.4) is 0 Å². The SMILES string of the molecule is Nc1cncc2c1cnn2[C@@H]1O[C@H](CO)[C@@H](O)[C@H]1O. The summed E-state index contributed by atoms with van der Waals surface area (Å²) in [5.41, 5.74) is 6.84. The summed E-state index contributed by atoms with van der Waals surface area (Å²) < 4.78 is 6.81. The van der Waals surface area contributed by atoms with E-state index in [9.17, 15) is 10.2 Å². The van der Waals surface area contributed by atoms with Crippen molar-refractivity contribution in [1.82, 2.24) is 14.8 Å². The molecule has 0 radical (unpaired) electrons. The number of rotatable bonds is 2. The van der Waals surface area contributed by atoms with Crippen molar-refractivity contribution in [1.29, 1.82) is 0 Å². The van der Waals surface area contributed by atoms with E-state index in [0.717, 1.165) is 0 Å². The van der Waals surface area contributed by atoms with Gasteiger partial charge in [-0.05, 0) is 0 Å². The maximum Gasteiger partial charge on any atom is 0.179 e.